The number of ether oxygens (including phenoxy) is 3. The molecule has 1 aliphatic heterocycles. The molecule has 0 radical (unpaired) electrons. The molecule has 2 aromatic rings. The molecule has 0 amide bonds. The number of halogens is 5. The fourth-order valence-electron chi connectivity index (χ4n) is 3.59. The minimum Gasteiger partial charge on any atom is -0.489 e. The predicted octanol–water partition coefficient (Wildman–Crippen LogP) is 6.70. The number of hydrogen-bond acceptors (Lipinski definition) is 5. The van der Waals surface area contributed by atoms with Crippen molar-refractivity contribution in [1.82, 2.24) is 4.90 Å². The van der Waals surface area contributed by atoms with Crippen molar-refractivity contribution in [2.24, 2.45) is 0 Å². The van der Waals surface area contributed by atoms with E-state index in [9.17, 15) is 18.0 Å². The molecule has 5 nitrogen and oxygen atoms in total. The second kappa shape index (κ2) is 11.4. The van der Waals surface area contributed by atoms with Crippen molar-refractivity contribution in [3.05, 3.63) is 63.1 Å². The van der Waals surface area contributed by atoms with Gasteiger partial charge in [0, 0.05) is 35.2 Å². The number of carbonyl (C=O) groups excluding carboxylic acids is 1. The lowest BCUT2D eigenvalue weighted by molar-refractivity contribution is -0.155. The van der Waals surface area contributed by atoms with Crippen LogP contribution in [0.5, 0.6) is 5.75 Å². The maximum Gasteiger partial charge on any atom is 0.416 e. The van der Waals surface area contributed by atoms with E-state index >= 15 is 0 Å². The monoisotopic (exact) mass is 533 g/mol. The van der Waals surface area contributed by atoms with E-state index in [1.165, 1.54) is 0 Å². The van der Waals surface area contributed by atoms with Crippen LogP contribution in [0.4, 0.5) is 13.2 Å². The second-order valence-corrected chi connectivity index (χ2v) is 10.1. The number of carbonyl (C=O) groups is 1. The van der Waals surface area contributed by atoms with Crippen molar-refractivity contribution in [2.45, 2.75) is 51.7 Å². The van der Waals surface area contributed by atoms with Gasteiger partial charge in [0.05, 0.1) is 24.7 Å². The Balaban J connectivity index is 1.55. The van der Waals surface area contributed by atoms with Crippen LogP contribution in [0.2, 0.25) is 10.0 Å². The number of alkyl halides is 3. The summed E-state index contributed by atoms with van der Waals surface area (Å²) in [5, 5.41) is -0.216. The Kier molecular flexibility index (Phi) is 8.96. The minimum absolute atomic E-state index is 0.0759. The third-order valence-electron chi connectivity index (χ3n) is 5.31. The summed E-state index contributed by atoms with van der Waals surface area (Å²) in [4.78, 5) is 14.2. The van der Waals surface area contributed by atoms with Gasteiger partial charge in [-0.05, 0) is 50.6 Å². The van der Waals surface area contributed by atoms with Gasteiger partial charge in [0.1, 0.15) is 18.0 Å². The van der Waals surface area contributed by atoms with E-state index in [4.69, 9.17) is 37.4 Å². The van der Waals surface area contributed by atoms with Gasteiger partial charge in [-0.2, -0.15) is 13.2 Å². The third kappa shape index (κ3) is 8.27. The number of hydrogen-bond donors (Lipinski definition) is 0. The summed E-state index contributed by atoms with van der Waals surface area (Å²) in [6.45, 7) is 7.95. The molecule has 2 aromatic carbocycles. The van der Waals surface area contributed by atoms with Crippen LogP contribution in [0.3, 0.4) is 0 Å². The van der Waals surface area contributed by atoms with Gasteiger partial charge in [0.25, 0.3) is 0 Å². The summed E-state index contributed by atoms with van der Waals surface area (Å²) in [7, 11) is 0. The topological polar surface area (TPSA) is 48.0 Å². The van der Waals surface area contributed by atoms with Crippen molar-refractivity contribution >= 4 is 29.2 Å². The van der Waals surface area contributed by atoms with Crippen LogP contribution >= 0.6 is 23.2 Å². The van der Waals surface area contributed by atoms with Crippen LogP contribution in [-0.4, -0.2) is 42.7 Å². The molecule has 0 N–H and O–H groups in total. The van der Waals surface area contributed by atoms with Crippen molar-refractivity contribution < 1.29 is 32.2 Å². The van der Waals surface area contributed by atoms with Gasteiger partial charge in [-0.1, -0.05) is 35.3 Å². The highest BCUT2D eigenvalue weighted by Gasteiger charge is 2.32. The molecule has 0 bridgehead atoms. The standard InChI is InChI=1S/C25H28Cl2F3NO4/c1-24(2,3)35-23(32)8-9-31-10-11-33-22(14-31)16-4-6-18(7-5-16)34-15-19-20(26)12-17(13-21(19)27)25(28,29)30/h4-7,12-13,22H,8-11,14-15H2,1-3H3. The van der Waals surface area contributed by atoms with Crippen LogP contribution in [0.25, 0.3) is 0 Å². The van der Waals surface area contributed by atoms with Crippen molar-refractivity contribution in [2.75, 3.05) is 26.2 Å². The summed E-state index contributed by atoms with van der Waals surface area (Å²) in [5.41, 5.74) is -0.183. The smallest absolute Gasteiger partial charge is 0.416 e. The molecule has 10 heteroatoms. The average molecular weight is 534 g/mol. The number of esters is 1. The van der Waals surface area contributed by atoms with E-state index in [1.54, 1.807) is 12.1 Å². The fraction of sp³-hybridized carbons (Fsp3) is 0.480. The Labute approximate surface area is 213 Å². The Morgan fingerprint density at radius 1 is 1.11 bits per heavy atom. The molecule has 1 atom stereocenters. The summed E-state index contributed by atoms with van der Waals surface area (Å²) < 4.78 is 55.7. The molecule has 192 valence electrons. The molecule has 1 saturated heterocycles. The maximum atomic E-state index is 12.9. The van der Waals surface area contributed by atoms with E-state index in [-0.39, 0.29) is 34.3 Å². The molecule has 0 saturated carbocycles. The maximum absolute atomic E-state index is 12.9. The van der Waals surface area contributed by atoms with E-state index in [1.807, 2.05) is 32.9 Å². The van der Waals surface area contributed by atoms with Gasteiger partial charge in [0.2, 0.25) is 0 Å². The summed E-state index contributed by atoms with van der Waals surface area (Å²) in [6, 6.07) is 8.92. The van der Waals surface area contributed by atoms with Gasteiger partial charge >= 0.3 is 12.1 Å². The molecule has 1 unspecified atom stereocenters. The third-order valence-corrected chi connectivity index (χ3v) is 5.98. The van der Waals surface area contributed by atoms with E-state index in [2.05, 4.69) is 4.90 Å². The van der Waals surface area contributed by atoms with Crippen LogP contribution < -0.4 is 4.74 Å². The highest BCUT2D eigenvalue weighted by Crippen LogP contribution is 2.36. The van der Waals surface area contributed by atoms with E-state index in [0.717, 1.165) is 24.2 Å². The Bertz CT molecular complexity index is 1000. The Morgan fingerprint density at radius 2 is 1.74 bits per heavy atom. The van der Waals surface area contributed by atoms with Crippen LogP contribution in [-0.2, 0) is 27.1 Å². The minimum atomic E-state index is -4.53. The normalized spacial score (nSPS) is 17.3. The van der Waals surface area contributed by atoms with Gasteiger partial charge in [0.15, 0.2) is 0 Å². The van der Waals surface area contributed by atoms with Gasteiger partial charge in [-0.3, -0.25) is 9.69 Å². The first-order valence-corrected chi connectivity index (χ1v) is 11.9. The SMILES string of the molecule is CC(C)(C)OC(=O)CCN1CCOC(c2ccc(OCc3c(Cl)cc(C(F)(F)F)cc3Cl)cc2)C1. The molecular formula is C25H28Cl2F3NO4. The first-order chi connectivity index (χ1) is 16.3. The molecule has 1 aliphatic rings. The van der Waals surface area contributed by atoms with Crippen molar-refractivity contribution in [1.29, 1.82) is 0 Å². The van der Waals surface area contributed by atoms with Crippen LogP contribution in [0, 0.1) is 0 Å². The largest absolute Gasteiger partial charge is 0.489 e. The van der Waals surface area contributed by atoms with Crippen LogP contribution in [0.15, 0.2) is 36.4 Å². The molecule has 0 spiro atoms. The average Bonchev–Trinajstić information content (AvgIpc) is 2.76. The van der Waals surface area contributed by atoms with Gasteiger partial charge < -0.3 is 14.2 Å². The van der Waals surface area contributed by atoms with Crippen molar-refractivity contribution in [3.63, 3.8) is 0 Å². The molecular weight excluding hydrogens is 506 g/mol. The highest BCUT2D eigenvalue weighted by atomic mass is 35.5. The fourth-order valence-corrected chi connectivity index (χ4v) is 4.18. The van der Waals surface area contributed by atoms with E-state index in [0.29, 0.717) is 31.9 Å². The first-order valence-electron chi connectivity index (χ1n) is 11.2. The first kappa shape index (κ1) is 27.6. The molecule has 0 aliphatic carbocycles. The Hall–Kier alpha value is -2.00. The lowest BCUT2D eigenvalue weighted by Gasteiger charge is -2.33. The van der Waals surface area contributed by atoms with Crippen LogP contribution in [0.1, 0.15) is 50.0 Å². The summed E-state index contributed by atoms with van der Waals surface area (Å²) >= 11 is 12.0. The van der Waals surface area contributed by atoms with E-state index < -0.39 is 17.3 Å². The number of rotatable bonds is 7. The zero-order valence-corrected chi connectivity index (χ0v) is 21.3. The van der Waals surface area contributed by atoms with Crippen molar-refractivity contribution in [3.8, 4) is 5.75 Å². The quantitative estimate of drug-likeness (QED) is 0.370. The lowest BCUT2D eigenvalue weighted by Crippen LogP contribution is -2.39. The summed E-state index contributed by atoms with van der Waals surface area (Å²) in [5.74, 6) is 0.286. The zero-order chi connectivity index (χ0) is 25.8. The molecule has 3 rings (SSSR count). The Morgan fingerprint density at radius 3 is 2.31 bits per heavy atom. The second-order valence-electron chi connectivity index (χ2n) is 9.27. The summed E-state index contributed by atoms with van der Waals surface area (Å²) in [6.07, 6.45) is -4.38. The number of morpholine rings is 1. The lowest BCUT2D eigenvalue weighted by atomic mass is 10.1. The predicted molar refractivity (Wildman–Crippen MR) is 128 cm³/mol. The highest BCUT2D eigenvalue weighted by molar-refractivity contribution is 6.36. The molecule has 1 fully saturated rings. The zero-order valence-electron chi connectivity index (χ0n) is 19.8. The van der Waals surface area contributed by atoms with Gasteiger partial charge in [-0.25, -0.2) is 0 Å². The molecule has 1 heterocycles. The number of benzene rings is 2. The molecule has 0 aromatic heterocycles. The number of nitrogens with zero attached hydrogens (tertiary/aromatic N) is 1. The molecule has 35 heavy (non-hydrogen) atoms. The van der Waals surface area contributed by atoms with Gasteiger partial charge in [-0.15, -0.1) is 0 Å².